The molecule has 22 heavy (non-hydrogen) atoms. The zero-order valence-electron chi connectivity index (χ0n) is 15.1. The summed E-state index contributed by atoms with van der Waals surface area (Å²) in [5.41, 5.74) is 3.52. The fourth-order valence-corrected chi connectivity index (χ4v) is 3.16. The molecule has 0 amide bonds. The van der Waals surface area contributed by atoms with E-state index in [9.17, 15) is 5.11 Å². The molecule has 0 heterocycles. The van der Waals surface area contributed by atoms with Crippen molar-refractivity contribution in [1.82, 2.24) is 0 Å². The highest BCUT2D eigenvalue weighted by molar-refractivity contribution is 5.43. The van der Waals surface area contributed by atoms with Crippen LogP contribution in [-0.4, -0.2) is 5.11 Å². The summed E-state index contributed by atoms with van der Waals surface area (Å²) in [5, 5.41) is 9.97. The number of rotatable bonds is 12. The van der Waals surface area contributed by atoms with Crippen molar-refractivity contribution in [1.29, 1.82) is 0 Å². The molecule has 0 unspecified atom stereocenters. The van der Waals surface area contributed by atoms with Crippen LogP contribution < -0.4 is 0 Å². The zero-order valence-corrected chi connectivity index (χ0v) is 15.1. The highest BCUT2D eigenvalue weighted by atomic mass is 16.3. The Morgan fingerprint density at radius 2 is 1.32 bits per heavy atom. The maximum Gasteiger partial charge on any atom is 0.121 e. The predicted molar refractivity (Wildman–Crippen MR) is 97.8 cm³/mol. The third-order valence-electron chi connectivity index (χ3n) is 4.64. The molecule has 1 rings (SSSR count). The second-order valence-electron chi connectivity index (χ2n) is 6.71. The highest BCUT2D eigenvalue weighted by Crippen LogP contribution is 2.25. The Bertz CT molecular complexity index is 409. The standard InChI is InChI=1S/C21H36O/c1-4-6-7-8-9-10-11-12-13-14-15-19-16-18(3)21(22)20(5-2)17-19/h16-17,22H,4-15H2,1-3H3. The lowest BCUT2D eigenvalue weighted by molar-refractivity contribution is 0.464. The number of aromatic hydroxyl groups is 1. The van der Waals surface area contributed by atoms with Gasteiger partial charge in [0.2, 0.25) is 0 Å². The fourth-order valence-electron chi connectivity index (χ4n) is 3.16. The number of phenolic OH excluding ortho intramolecular Hbond substituents is 1. The van der Waals surface area contributed by atoms with Gasteiger partial charge in [0.05, 0.1) is 0 Å². The molecule has 1 aromatic carbocycles. The molecule has 0 aliphatic carbocycles. The Balaban J connectivity index is 2.11. The number of benzene rings is 1. The molecule has 1 aromatic rings. The first-order chi connectivity index (χ1) is 10.7. The van der Waals surface area contributed by atoms with Crippen molar-refractivity contribution in [3.05, 3.63) is 28.8 Å². The van der Waals surface area contributed by atoms with Gasteiger partial charge in [-0.1, -0.05) is 83.8 Å². The number of phenols is 1. The maximum absolute atomic E-state index is 9.97. The number of hydrogen-bond donors (Lipinski definition) is 1. The summed E-state index contributed by atoms with van der Waals surface area (Å²) in [6.45, 7) is 6.40. The SMILES string of the molecule is CCCCCCCCCCCCc1cc(C)c(O)c(CC)c1. The summed E-state index contributed by atoms with van der Waals surface area (Å²) in [7, 11) is 0. The molecule has 0 spiro atoms. The van der Waals surface area contributed by atoms with E-state index in [1.165, 1.54) is 69.8 Å². The van der Waals surface area contributed by atoms with Crippen LogP contribution in [0.25, 0.3) is 0 Å². The van der Waals surface area contributed by atoms with Gasteiger partial charge in [0.25, 0.3) is 0 Å². The summed E-state index contributed by atoms with van der Waals surface area (Å²) in [6.07, 6.45) is 15.9. The van der Waals surface area contributed by atoms with E-state index in [0.717, 1.165) is 24.0 Å². The minimum Gasteiger partial charge on any atom is -0.507 e. The average molecular weight is 305 g/mol. The molecule has 1 N–H and O–H groups in total. The quantitative estimate of drug-likeness (QED) is 0.425. The first-order valence-electron chi connectivity index (χ1n) is 9.50. The molecule has 0 bridgehead atoms. The van der Waals surface area contributed by atoms with Crippen LogP contribution in [0.2, 0.25) is 0 Å². The van der Waals surface area contributed by atoms with Gasteiger partial charge in [0.1, 0.15) is 5.75 Å². The van der Waals surface area contributed by atoms with E-state index in [-0.39, 0.29) is 0 Å². The van der Waals surface area contributed by atoms with Gasteiger partial charge in [-0.25, -0.2) is 0 Å². The molecule has 0 fully saturated rings. The van der Waals surface area contributed by atoms with Crippen molar-refractivity contribution in [2.24, 2.45) is 0 Å². The molecule has 0 saturated heterocycles. The predicted octanol–water partition coefficient (Wildman–Crippen LogP) is 6.73. The van der Waals surface area contributed by atoms with Crippen LogP contribution in [-0.2, 0) is 12.8 Å². The average Bonchev–Trinajstić information content (AvgIpc) is 2.52. The van der Waals surface area contributed by atoms with Crippen LogP contribution in [0.15, 0.2) is 12.1 Å². The second kappa shape index (κ2) is 11.6. The Labute approximate surface area is 138 Å². The van der Waals surface area contributed by atoms with E-state index in [0.29, 0.717) is 5.75 Å². The largest absolute Gasteiger partial charge is 0.507 e. The fraction of sp³-hybridized carbons (Fsp3) is 0.714. The van der Waals surface area contributed by atoms with Crippen molar-refractivity contribution in [2.75, 3.05) is 0 Å². The molecule has 0 aliphatic rings. The maximum atomic E-state index is 9.97. The smallest absolute Gasteiger partial charge is 0.121 e. The molecular formula is C21H36O. The third kappa shape index (κ3) is 7.33. The van der Waals surface area contributed by atoms with Crippen LogP contribution in [0.1, 0.15) is 94.7 Å². The lowest BCUT2D eigenvalue weighted by atomic mass is 9.98. The van der Waals surface area contributed by atoms with Crippen LogP contribution in [0.5, 0.6) is 5.75 Å². The monoisotopic (exact) mass is 304 g/mol. The van der Waals surface area contributed by atoms with Gasteiger partial charge >= 0.3 is 0 Å². The van der Waals surface area contributed by atoms with Gasteiger partial charge in [0, 0.05) is 0 Å². The van der Waals surface area contributed by atoms with E-state index >= 15 is 0 Å². The van der Waals surface area contributed by atoms with Gasteiger partial charge in [-0.15, -0.1) is 0 Å². The number of unbranched alkanes of at least 4 members (excludes halogenated alkanes) is 9. The summed E-state index contributed by atoms with van der Waals surface area (Å²) in [4.78, 5) is 0. The minimum absolute atomic E-state index is 0.495. The molecule has 0 aliphatic heterocycles. The molecule has 126 valence electrons. The molecule has 0 aromatic heterocycles. The normalized spacial score (nSPS) is 11.0. The van der Waals surface area contributed by atoms with E-state index in [1.807, 2.05) is 6.92 Å². The lowest BCUT2D eigenvalue weighted by Crippen LogP contribution is -1.92. The molecule has 0 radical (unpaired) electrons. The van der Waals surface area contributed by atoms with Crippen molar-refractivity contribution >= 4 is 0 Å². The van der Waals surface area contributed by atoms with Crippen LogP contribution in [0, 0.1) is 6.92 Å². The lowest BCUT2D eigenvalue weighted by Gasteiger charge is -2.09. The first-order valence-corrected chi connectivity index (χ1v) is 9.50. The number of aryl methyl sites for hydroxylation is 3. The Hall–Kier alpha value is -0.980. The van der Waals surface area contributed by atoms with Crippen molar-refractivity contribution < 1.29 is 5.11 Å². The van der Waals surface area contributed by atoms with Gasteiger partial charge in [-0.3, -0.25) is 0 Å². The first kappa shape index (κ1) is 19.1. The van der Waals surface area contributed by atoms with E-state index in [2.05, 4.69) is 26.0 Å². The van der Waals surface area contributed by atoms with Gasteiger partial charge in [0.15, 0.2) is 0 Å². The van der Waals surface area contributed by atoms with Crippen molar-refractivity contribution in [2.45, 2.75) is 97.8 Å². The van der Waals surface area contributed by atoms with E-state index in [1.54, 1.807) is 0 Å². The van der Waals surface area contributed by atoms with Crippen molar-refractivity contribution in [3.8, 4) is 5.75 Å². The molecule has 1 heteroatoms. The highest BCUT2D eigenvalue weighted by Gasteiger charge is 2.05. The van der Waals surface area contributed by atoms with Gasteiger partial charge < -0.3 is 5.11 Å². The van der Waals surface area contributed by atoms with Gasteiger partial charge in [-0.2, -0.15) is 0 Å². The molecular weight excluding hydrogens is 268 g/mol. The van der Waals surface area contributed by atoms with E-state index in [4.69, 9.17) is 0 Å². The van der Waals surface area contributed by atoms with Crippen molar-refractivity contribution in [3.63, 3.8) is 0 Å². The summed E-state index contributed by atoms with van der Waals surface area (Å²) in [6, 6.07) is 4.35. The molecule has 0 saturated carbocycles. The van der Waals surface area contributed by atoms with Gasteiger partial charge in [-0.05, 0) is 42.9 Å². The third-order valence-corrected chi connectivity index (χ3v) is 4.64. The van der Waals surface area contributed by atoms with E-state index < -0.39 is 0 Å². The molecule has 1 nitrogen and oxygen atoms in total. The second-order valence-corrected chi connectivity index (χ2v) is 6.71. The topological polar surface area (TPSA) is 20.2 Å². The summed E-state index contributed by atoms with van der Waals surface area (Å²) in [5.74, 6) is 0.495. The minimum atomic E-state index is 0.495. The van der Waals surface area contributed by atoms with Crippen LogP contribution in [0.3, 0.4) is 0 Å². The van der Waals surface area contributed by atoms with Crippen LogP contribution >= 0.6 is 0 Å². The summed E-state index contributed by atoms with van der Waals surface area (Å²) < 4.78 is 0. The number of hydrogen-bond acceptors (Lipinski definition) is 1. The van der Waals surface area contributed by atoms with Crippen LogP contribution in [0.4, 0.5) is 0 Å². The Morgan fingerprint density at radius 1 is 0.773 bits per heavy atom. The Morgan fingerprint density at radius 3 is 1.86 bits per heavy atom. The Kier molecular flexibility index (Phi) is 10.0. The summed E-state index contributed by atoms with van der Waals surface area (Å²) >= 11 is 0. The molecule has 0 atom stereocenters. The zero-order chi connectivity index (χ0) is 16.2.